The van der Waals surface area contributed by atoms with Gasteiger partial charge in [0.1, 0.15) is 5.75 Å². The van der Waals surface area contributed by atoms with E-state index in [2.05, 4.69) is 12.1 Å². The predicted molar refractivity (Wildman–Crippen MR) is 86.0 cm³/mol. The molecule has 1 aliphatic heterocycles. The van der Waals surface area contributed by atoms with Crippen LogP contribution in [0, 0.1) is 0 Å². The number of morpholine rings is 1. The maximum absolute atomic E-state index is 12.1. The van der Waals surface area contributed by atoms with Gasteiger partial charge in [0.05, 0.1) is 19.8 Å². The lowest BCUT2D eigenvalue weighted by atomic mass is 10.1. The zero-order valence-corrected chi connectivity index (χ0v) is 13.5. The van der Waals surface area contributed by atoms with Crippen molar-refractivity contribution in [2.24, 2.45) is 0 Å². The molecule has 0 N–H and O–H groups in total. The first-order chi connectivity index (χ1) is 10.2. The predicted octanol–water partition coefficient (Wildman–Crippen LogP) is 2.22. The second kappa shape index (κ2) is 8.29. The van der Waals surface area contributed by atoms with Crippen LogP contribution < -0.4 is 4.74 Å². The number of amides is 1. The zero-order valence-electron chi connectivity index (χ0n) is 12.7. The van der Waals surface area contributed by atoms with Gasteiger partial charge in [-0.1, -0.05) is 12.1 Å². The first kappa shape index (κ1) is 16.2. The highest BCUT2D eigenvalue weighted by Gasteiger charge is 2.23. The van der Waals surface area contributed by atoms with Crippen LogP contribution in [-0.2, 0) is 16.0 Å². The summed E-state index contributed by atoms with van der Waals surface area (Å²) in [6.07, 6.45) is 3.57. The number of thioether (sulfide) groups is 1. The molecule has 1 amide bonds. The lowest BCUT2D eigenvalue weighted by Gasteiger charge is -2.33. The molecule has 1 atom stereocenters. The second-order valence-corrected chi connectivity index (χ2v) is 6.11. The summed E-state index contributed by atoms with van der Waals surface area (Å²) in [5.74, 6) is 1.99. The third-order valence-electron chi connectivity index (χ3n) is 3.63. The van der Waals surface area contributed by atoms with Crippen LogP contribution in [0.3, 0.4) is 0 Å². The van der Waals surface area contributed by atoms with E-state index in [-0.39, 0.29) is 12.0 Å². The van der Waals surface area contributed by atoms with Gasteiger partial charge in [-0.05, 0) is 24.0 Å². The summed E-state index contributed by atoms with van der Waals surface area (Å²) in [6.45, 7) is 2.04. The van der Waals surface area contributed by atoms with Gasteiger partial charge in [0.2, 0.25) is 5.91 Å². The molecule has 2 rings (SSSR count). The normalized spacial score (nSPS) is 18.6. The SMILES string of the molecule is COc1ccc(C[C@@H]2CN(C(=O)CCSC)CCO2)cc1. The Morgan fingerprint density at radius 1 is 1.43 bits per heavy atom. The first-order valence-electron chi connectivity index (χ1n) is 7.24. The summed E-state index contributed by atoms with van der Waals surface area (Å²) in [6, 6.07) is 8.02. The Morgan fingerprint density at radius 2 is 2.19 bits per heavy atom. The van der Waals surface area contributed by atoms with Gasteiger partial charge in [0.15, 0.2) is 0 Å². The number of hydrogen-bond donors (Lipinski definition) is 0. The third kappa shape index (κ3) is 4.93. The minimum atomic E-state index is 0.0883. The van der Waals surface area contributed by atoms with Crippen molar-refractivity contribution in [3.8, 4) is 5.75 Å². The first-order valence-corrected chi connectivity index (χ1v) is 8.63. The number of rotatable bonds is 6. The van der Waals surface area contributed by atoms with E-state index in [0.29, 0.717) is 26.1 Å². The van der Waals surface area contributed by atoms with Gasteiger partial charge in [-0.3, -0.25) is 4.79 Å². The lowest BCUT2D eigenvalue weighted by molar-refractivity contribution is -0.138. The Kier molecular flexibility index (Phi) is 6.39. The molecule has 1 fully saturated rings. The van der Waals surface area contributed by atoms with E-state index in [1.54, 1.807) is 18.9 Å². The van der Waals surface area contributed by atoms with Crippen molar-refractivity contribution in [3.63, 3.8) is 0 Å². The summed E-state index contributed by atoms with van der Waals surface area (Å²) >= 11 is 1.71. The van der Waals surface area contributed by atoms with E-state index in [4.69, 9.17) is 9.47 Å². The second-order valence-electron chi connectivity index (χ2n) is 5.13. The molecule has 4 nitrogen and oxygen atoms in total. The van der Waals surface area contributed by atoms with Crippen molar-refractivity contribution in [2.45, 2.75) is 18.9 Å². The minimum Gasteiger partial charge on any atom is -0.497 e. The molecule has 21 heavy (non-hydrogen) atoms. The maximum Gasteiger partial charge on any atom is 0.223 e. The van der Waals surface area contributed by atoms with Crippen LogP contribution in [0.2, 0.25) is 0 Å². The van der Waals surface area contributed by atoms with Gasteiger partial charge < -0.3 is 14.4 Å². The fourth-order valence-corrected chi connectivity index (χ4v) is 2.82. The topological polar surface area (TPSA) is 38.8 Å². The number of methoxy groups -OCH3 is 1. The average molecular weight is 309 g/mol. The van der Waals surface area contributed by atoms with Crippen LogP contribution in [0.5, 0.6) is 5.75 Å². The fraction of sp³-hybridized carbons (Fsp3) is 0.562. The van der Waals surface area contributed by atoms with Gasteiger partial charge in [0.25, 0.3) is 0 Å². The summed E-state index contributed by atoms with van der Waals surface area (Å²) in [7, 11) is 1.66. The standard InChI is InChI=1S/C16H23NO3S/c1-19-14-5-3-13(4-6-14)11-15-12-17(8-9-20-15)16(18)7-10-21-2/h3-6,15H,7-12H2,1-2H3/t15-/m1/s1. The maximum atomic E-state index is 12.1. The Bertz CT molecular complexity index is 449. The van der Waals surface area contributed by atoms with E-state index in [0.717, 1.165) is 17.9 Å². The number of carbonyl (C=O) groups is 1. The number of nitrogens with zero attached hydrogens (tertiary/aromatic N) is 1. The lowest BCUT2D eigenvalue weighted by Crippen LogP contribution is -2.46. The molecule has 0 bridgehead atoms. The molecule has 0 spiro atoms. The van der Waals surface area contributed by atoms with Crippen LogP contribution in [0.4, 0.5) is 0 Å². The highest BCUT2D eigenvalue weighted by Crippen LogP contribution is 2.16. The van der Waals surface area contributed by atoms with E-state index < -0.39 is 0 Å². The molecule has 116 valence electrons. The Labute approximate surface area is 130 Å². The van der Waals surface area contributed by atoms with Gasteiger partial charge in [-0.2, -0.15) is 11.8 Å². The van der Waals surface area contributed by atoms with Crippen LogP contribution in [0.15, 0.2) is 24.3 Å². The molecule has 0 aromatic heterocycles. The smallest absolute Gasteiger partial charge is 0.223 e. The zero-order chi connectivity index (χ0) is 15.1. The quantitative estimate of drug-likeness (QED) is 0.808. The average Bonchev–Trinajstić information content (AvgIpc) is 2.53. The van der Waals surface area contributed by atoms with Crippen molar-refractivity contribution < 1.29 is 14.3 Å². The molecular weight excluding hydrogens is 286 g/mol. The fourth-order valence-electron chi connectivity index (χ4n) is 2.44. The van der Waals surface area contributed by atoms with E-state index >= 15 is 0 Å². The Morgan fingerprint density at radius 3 is 2.86 bits per heavy atom. The Balaban J connectivity index is 1.86. The molecule has 1 aliphatic rings. The summed E-state index contributed by atoms with van der Waals surface area (Å²) < 4.78 is 11.0. The molecule has 1 heterocycles. The van der Waals surface area contributed by atoms with E-state index in [9.17, 15) is 4.79 Å². The van der Waals surface area contributed by atoms with E-state index in [1.807, 2.05) is 23.3 Å². The van der Waals surface area contributed by atoms with Crippen LogP contribution in [0.25, 0.3) is 0 Å². The molecule has 0 radical (unpaired) electrons. The molecule has 5 heteroatoms. The van der Waals surface area contributed by atoms with Crippen molar-refractivity contribution in [1.29, 1.82) is 0 Å². The van der Waals surface area contributed by atoms with Gasteiger partial charge in [-0.25, -0.2) is 0 Å². The third-order valence-corrected chi connectivity index (χ3v) is 4.25. The van der Waals surface area contributed by atoms with Crippen molar-refractivity contribution in [1.82, 2.24) is 4.90 Å². The van der Waals surface area contributed by atoms with Crippen molar-refractivity contribution >= 4 is 17.7 Å². The summed E-state index contributed by atoms with van der Waals surface area (Å²) in [4.78, 5) is 14.0. The molecule has 0 saturated carbocycles. The van der Waals surface area contributed by atoms with Crippen LogP contribution in [0.1, 0.15) is 12.0 Å². The summed E-state index contributed by atoms with van der Waals surface area (Å²) in [5, 5.41) is 0. The number of hydrogen-bond acceptors (Lipinski definition) is 4. The van der Waals surface area contributed by atoms with Gasteiger partial charge in [-0.15, -0.1) is 0 Å². The number of benzene rings is 1. The number of ether oxygens (including phenoxy) is 2. The highest BCUT2D eigenvalue weighted by atomic mass is 32.2. The van der Waals surface area contributed by atoms with Gasteiger partial charge in [0, 0.05) is 31.7 Å². The molecular formula is C16H23NO3S. The number of carbonyl (C=O) groups excluding carboxylic acids is 1. The molecule has 1 aromatic rings. The van der Waals surface area contributed by atoms with Crippen molar-refractivity contribution in [2.75, 3.05) is 38.8 Å². The minimum absolute atomic E-state index is 0.0883. The Hall–Kier alpha value is -1.20. The van der Waals surface area contributed by atoms with Gasteiger partial charge >= 0.3 is 0 Å². The highest BCUT2D eigenvalue weighted by molar-refractivity contribution is 7.98. The van der Waals surface area contributed by atoms with E-state index in [1.165, 1.54) is 5.56 Å². The summed E-state index contributed by atoms with van der Waals surface area (Å²) in [5.41, 5.74) is 1.21. The largest absolute Gasteiger partial charge is 0.497 e. The van der Waals surface area contributed by atoms with Crippen LogP contribution >= 0.6 is 11.8 Å². The monoisotopic (exact) mass is 309 g/mol. The van der Waals surface area contributed by atoms with Crippen molar-refractivity contribution in [3.05, 3.63) is 29.8 Å². The van der Waals surface area contributed by atoms with Crippen LogP contribution in [-0.4, -0.2) is 55.7 Å². The molecule has 0 aliphatic carbocycles. The molecule has 1 aromatic carbocycles. The molecule has 1 saturated heterocycles. The molecule has 0 unspecified atom stereocenters.